The molecule has 0 bridgehead atoms. The second-order valence-electron chi connectivity index (χ2n) is 8.78. The lowest BCUT2D eigenvalue weighted by Gasteiger charge is -2.42. The second-order valence-corrected chi connectivity index (χ2v) is 14.2. The number of benzene rings is 1. The molecule has 0 aliphatic carbocycles. The third-order valence-electron chi connectivity index (χ3n) is 6.11. The highest BCUT2D eigenvalue weighted by Gasteiger charge is 2.44. The van der Waals surface area contributed by atoms with Gasteiger partial charge in [0.1, 0.15) is 0 Å². The van der Waals surface area contributed by atoms with Crippen molar-refractivity contribution in [1.82, 2.24) is 0 Å². The average molecular weight is 386 g/mol. The van der Waals surface area contributed by atoms with E-state index in [-0.39, 0.29) is 0 Å². The molecule has 0 atom stereocenters. The fourth-order valence-corrected chi connectivity index (χ4v) is 10.4. The summed E-state index contributed by atoms with van der Waals surface area (Å²) in [6.45, 7) is 17.1. The van der Waals surface area contributed by atoms with Gasteiger partial charge in [0.15, 0.2) is 8.32 Å². The van der Waals surface area contributed by atoms with Crippen molar-refractivity contribution >= 4 is 14.0 Å². The molecule has 3 heteroatoms. The number of rotatable bonds is 7. The van der Waals surface area contributed by atoms with Gasteiger partial charge in [-0.1, -0.05) is 65.5 Å². The maximum absolute atomic E-state index is 6.62. The van der Waals surface area contributed by atoms with Crippen LogP contribution in [-0.4, -0.2) is 28.0 Å². The summed E-state index contributed by atoms with van der Waals surface area (Å²) in [7, 11) is -1.77. The van der Waals surface area contributed by atoms with Crippen LogP contribution in [0.2, 0.25) is 16.6 Å². The molecule has 150 valence electrons. The normalized spacial score (nSPS) is 15.4. The van der Waals surface area contributed by atoms with Crippen molar-refractivity contribution < 1.29 is 4.43 Å². The Balaban J connectivity index is 2.01. The van der Waals surface area contributed by atoms with E-state index in [4.69, 9.17) is 4.43 Å². The molecular weight excluding hydrogens is 346 g/mol. The van der Waals surface area contributed by atoms with Crippen molar-refractivity contribution in [2.24, 2.45) is 0 Å². The quantitative estimate of drug-likeness (QED) is 0.297. The van der Waals surface area contributed by atoms with Crippen LogP contribution in [0.25, 0.3) is 0 Å². The van der Waals surface area contributed by atoms with Crippen LogP contribution in [0.1, 0.15) is 72.8 Å². The van der Waals surface area contributed by atoms with Gasteiger partial charge in [-0.3, -0.25) is 0 Å². The highest BCUT2D eigenvalue weighted by Crippen LogP contribution is 2.42. The molecule has 1 fully saturated rings. The lowest BCUT2D eigenvalue weighted by atomic mass is 10.1. The molecule has 0 amide bonds. The van der Waals surface area contributed by atoms with Gasteiger partial charge in [0, 0.05) is 31.7 Å². The fourth-order valence-electron chi connectivity index (χ4n) is 4.93. The smallest absolute Gasteiger partial charge is 0.200 e. The van der Waals surface area contributed by atoms with Gasteiger partial charge in [0.25, 0.3) is 0 Å². The number of hydrogen-bond acceptors (Lipinski definition) is 2. The van der Waals surface area contributed by atoms with E-state index in [9.17, 15) is 0 Å². The summed E-state index contributed by atoms with van der Waals surface area (Å²) in [4.78, 5) is 2.50. The van der Waals surface area contributed by atoms with E-state index in [1.165, 1.54) is 30.5 Å². The highest BCUT2D eigenvalue weighted by atomic mass is 28.4. The van der Waals surface area contributed by atoms with E-state index in [1.807, 2.05) is 0 Å². The summed E-state index contributed by atoms with van der Waals surface area (Å²) in [5.74, 6) is 6.82. The summed E-state index contributed by atoms with van der Waals surface area (Å²) < 4.78 is 6.62. The molecule has 1 aliphatic heterocycles. The first kappa shape index (κ1) is 22.1. The maximum atomic E-state index is 6.62. The first-order valence-corrected chi connectivity index (χ1v) is 13.0. The Hall–Kier alpha value is -1.24. The van der Waals surface area contributed by atoms with Gasteiger partial charge in [-0.15, -0.1) is 0 Å². The van der Waals surface area contributed by atoms with Gasteiger partial charge < -0.3 is 9.33 Å². The zero-order valence-electron chi connectivity index (χ0n) is 18.3. The van der Waals surface area contributed by atoms with Gasteiger partial charge in [0.05, 0.1) is 5.69 Å². The summed E-state index contributed by atoms with van der Waals surface area (Å²) in [6, 6.07) is 8.61. The van der Waals surface area contributed by atoms with E-state index < -0.39 is 8.32 Å². The molecule has 0 radical (unpaired) electrons. The third-order valence-corrected chi connectivity index (χ3v) is 12.2. The van der Waals surface area contributed by atoms with Crippen LogP contribution < -0.4 is 4.90 Å². The Morgan fingerprint density at radius 2 is 1.52 bits per heavy atom. The first-order valence-electron chi connectivity index (χ1n) is 10.9. The molecule has 1 aliphatic rings. The van der Waals surface area contributed by atoms with Gasteiger partial charge >= 0.3 is 0 Å². The lowest BCUT2D eigenvalue weighted by molar-refractivity contribution is 0.286. The topological polar surface area (TPSA) is 12.5 Å². The number of anilines is 1. The number of nitrogens with zero attached hydrogens (tertiary/aromatic N) is 1. The van der Waals surface area contributed by atoms with Crippen LogP contribution in [0.3, 0.4) is 0 Å². The van der Waals surface area contributed by atoms with Crippen LogP contribution >= 0.6 is 0 Å². The number of piperidine rings is 1. The number of para-hydroxylation sites is 1. The van der Waals surface area contributed by atoms with Crippen molar-refractivity contribution in [1.29, 1.82) is 0 Å². The summed E-state index contributed by atoms with van der Waals surface area (Å²) >= 11 is 0. The maximum Gasteiger partial charge on any atom is 0.200 e. The molecule has 2 nitrogen and oxygen atoms in total. The van der Waals surface area contributed by atoms with Crippen molar-refractivity contribution in [3.63, 3.8) is 0 Å². The molecular formula is C24H39NOSi. The molecule has 1 aromatic carbocycles. The van der Waals surface area contributed by atoms with E-state index in [0.717, 1.165) is 26.1 Å². The molecule has 0 N–H and O–H groups in total. The van der Waals surface area contributed by atoms with Crippen LogP contribution in [0.4, 0.5) is 5.69 Å². The fraction of sp³-hybridized carbons (Fsp3) is 0.667. The second kappa shape index (κ2) is 10.3. The van der Waals surface area contributed by atoms with Crippen LogP contribution in [-0.2, 0) is 4.43 Å². The Morgan fingerprint density at radius 1 is 0.926 bits per heavy atom. The van der Waals surface area contributed by atoms with E-state index in [0.29, 0.717) is 16.6 Å². The van der Waals surface area contributed by atoms with Crippen LogP contribution in [0.5, 0.6) is 0 Å². The number of hydrogen-bond donors (Lipinski definition) is 0. The van der Waals surface area contributed by atoms with E-state index >= 15 is 0 Å². The molecule has 0 aromatic heterocycles. The van der Waals surface area contributed by atoms with Crippen LogP contribution in [0, 0.1) is 11.8 Å². The standard InChI is InChI=1S/C24H39NOSi/c1-20(2)27(21(3)4,22(5)6)26-19-13-10-15-23-14-8-9-16-24(23)25-17-11-7-12-18-25/h8-9,14,16,20-22H,7,11-13,17-19H2,1-6H3. The highest BCUT2D eigenvalue weighted by molar-refractivity contribution is 6.77. The SMILES string of the molecule is CC(C)[Si](OCCC#Cc1ccccc1N1CCCCC1)(C(C)C)C(C)C. The molecule has 0 unspecified atom stereocenters. The minimum atomic E-state index is -1.77. The van der Waals surface area contributed by atoms with Gasteiger partial charge in [-0.2, -0.15) is 0 Å². The van der Waals surface area contributed by atoms with Gasteiger partial charge in [0.2, 0.25) is 0 Å². The Kier molecular flexibility index (Phi) is 8.45. The molecule has 1 saturated heterocycles. The Bertz CT molecular complexity index is 613. The lowest BCUT2D eigenvalue weighted by Crippen LogP contribution is -2.47. The molecule has 0 spiro atoms. The largest absolute Gasteiger partial charge is 0.415 e. The minimum Gasteiger partial charge on any atom is -0.415 e. The zero-order chi connectivity index (χ0) is 19.9. The molecule has 1 aromatic rings. The van der Waals surface area contributed by atoms with E-state index in [2.05, 4.69) is 82.5 Å². The molecule has 1 heterocycles. The summed E-state index contributed by atoms with van der Waals surface area (Å²) in [5.41, 5.74) is 4.36. The minimum absolute atomic E-state index is 0.630. The molecule has 27 heavy (non-hydrogen) atoms. The zero-order valence-corrected chi connectivity index (χ0v) is 19.3. The Labute approximate surface area is 168 Å². The summed E-state index contributed by atoms with van der Waals surface area (Å²) in [6.07, 6.45) is 4.76. The van der Waals surface area contributed by atoms with Crippen LogP contribution in [0.15, 0.2) is 24.3 Å². The van der Waals surface area contributed by atoms with Crippen molar-refractivity contribution in [2.45, 2.75) is 83.8 Å². The monoisotopic (exact) mass is 385 g/mol. The molecule has 0 saturated carbocycles. The van der Waals surface area contributed by atoms with E-state index in [1.54, 1.807) is 0 Å². The van der Waals surface area contributed by atoms with Crippen molar-refractivity contribution in [3.8, 4) is 11.8 Å². The third kappa shape index (κ3) is 5.39. The van der Waals surface area contributed by atoms with Crippen molar-refractivity contribution in [3.05, 3.63) is 29.8 Å². The van der Waals surface area contributed by atoms with Crippen molar-refractivity contribution in [2.75, 3.05) is 24.6 Å². The molecule has 2 rings (SSSR count). The Morgan fingerprint density at radius 3 is 2.11 bits per heavy atom. The van der Waals surface area contributed by atoms with Gasteiger partial charge in [-0.25, -0.2) is 0 Å². The predicted octanol–water partition coefficient (Wildman–Crippen LogP) is 6.61. The first-order chi connectivity index (χ1) is 12.9. The van der Waals surface area contributed by atoms with Gasteiger partial charge in [-0.05, 0) is 48.0 Å². The predicted molar refractivity (Wildman–Crippen MR) is 121 cm³/mol. The average Bonchev–Trinajstić information content (AvgIpc) is 2.64. The summed E-state index contributed by atoms with van der Waals surface area (Å²) in [5, 5.41) is 0.